The SMILES string of the molecule is Cc1[nH]nc2c1[C@]1(C(=O)N(Cc3ccccc3Cl)c3ccccc31)C(C#N)=C(N)O2. The summed E-state index contributed by atoms with van der Waals surface area (Å²) in [6, 6.07) is 16.9. The molecular weight excluding hydrogens is 402 g/mol. The summed E-state index contributed by atoms with van der Waals surface area (Å²) in [5.74, 6) is -0.219. The number of halogens is 1. The monoisotopic (exact) mass is 417 g/mol. The summed E-state index contributed by atoms with van der Waals surface area (Å²) >= 11 is 6.37. The second-order valence-corrected chi connectivity index (χ2v) is 7.64. The van der Waals surface area contributed by atoms with E-state index in [1.54, 1.807) is 17.9 Å². The Kier molecular flexibility index (Phi) is 3.88. The lowest BCUT2D eigenvalue weighted by Crippen LogP contribution is -2.45. The number of aromatic nitrogens is 2. The van der Waals surface area contributed by atoms with E-state index in [-0.39, 0.29) is 29.8 Å². The maximum absolute atomic E-state index is 14.1. The van der Waals surface area contributed by atoms with Crippen LogP contribution in [0.2, 0.25) is 5.02 Å². The maximum atomic E-state index is 14.1. The standard InChI is InChI=1S/C22H16ClN5O2/c1-12-18-20(27-26-12)30-19(25)15(10-24)22(18)14-7-3-5-9-17(14)28(21(22)29)11-13-6-2-4-8-16(13)23/h2-9H,11,25H2,1H3,(H,26,27)/t22-/m1/s1. The maximum Gasteiger partial charge on any atom is 0.248 e. The normalized spacial score (nSPS) is 19.5. The molecule has 3 N–H and O–H groups in total. The van der Waals surface area contributed by atoms with Gasteiger partial charge in [-0.25, -0.2) is 0 Å². The van der Waals surface area contributed by atoms with E-state index >= 15 is 0 Å². The van der Waals surface area contributed by atoms with Crippen LogP contribution in [0.15, 0.2) is 60.0 Å². The summed E-state index contributed by atoms with van der Waals surface area (Å²) in [6.07, 6.45) is 0. The second kappa shape index (κ2) is 6.37. The van der Waals surface area contributed by atoms with E-state index in [1.165, 1.54) is 0 Å². The molecular formula is C22H16ClN5O2. The first-order valence-corrected chi connectivity index (χ1v) is 9.66. The third-order valence-electron chi connectivity index (χ3n) is 5.68. The molecule has 2 aliphatic heterocycles. The van der Waals surface area contributed by atoms with Crippen LogP contribution in [-0.4, -0.2) is 16.1 Å². The Morgan fingerprint density at radius 3 is 2.77 bits per heavy atom. The van der Waals surface area contributed by atoms with Crippen molar-refractivity contribution in [3.8, 4) is 11.9 Å². The van der Waals surface area contributed by atoms with E-state index in [2.05, 4.69) is 16.3 Å². The van der Waals surface area contributed by atoms with Crippen molar-refractivity contribution in [2.75, 3.05) is 4.90 Å². The first-order chi connectivity index (χ1) is 14.5. The van der Waals surface area contributed by atoms with Gasteiger partial charge in [-0.2, -0.15) is 5.26 Å². The number of benzene rings is 2. The Bertz CT molecular complexity index is 1290. The van der Waals surface area contributed by atoms with Gasteiger partial charge in [0.15, 0.2) is 0 Å². The largest absolute Gasteiger partial charge is 0.420 e. The highest BCUT2D eigenvalue weighted by Gasteiger charge is 2.60. The van der Waals surface area contributed by atoms with Gasteiger partial charge in [0.25, 0.3) is 0 Å². The van der Waals surface area contributed by atoms with Gasteiger partial charge >= 0.3 is 0 Å². The second-order valence-electron chi connectivity index (χ2n) is 7.23. The number of nitrogens with one attached hydrogen (secondary N) is 1. The minimum Gasteiger partial charge on any atom is -0.420 e. The van der Waals surface area contributed by atoms with E-state index in [0.29, 0.717) is 27.5 Å². The third-order valence-corrected chi connectivity index (χ3v) is 6.05. The quantitative estimate of drug-likeness (QED) is 0.665. The van der Waals surface area contributed by atoms with Crippen molar-refractivity contribution < 1.29 is 9.53 Å². The number of nitrogens with zero attached hydrogens (tertiary/aromatic N) is 3. The zero-order valence-corrected chi connectivity index (χ0v) is 16.7. The smallest absolute Gasteiger partial charge is 0.248 e. The average molecular weight is 418 g/mol. The number of nitrogens with two attached hydrogens (primary N) is 1. The van der Waals surface area contributed by atoms with Gasteiger partial charge in [-0.3, -0.25) is 9.89 Å². The summed E-state index contributed by atoms with van der Waals surface area (Å²) < 4.78 is 5.58. The number of hydrogen-bond acceptors (Lipinski definition) is 5. The molecule has 7 nitrogen and oxygen atoms in total. The first-order valence-electron chi connectivity index (χ1n) is 9.28. The summed E-state index contributed by atoms with van der Waals surface area (Å²) in [7, 11) is 0. The Labute approximate surface area is 177 Å². The molecule has 0 aliphatic carbocycles. The van der Waals surface area contributed by atoms with Crippen molar-refractivity contribution in [2.24, 2.45) is 5.73 Å². The van der Waals surface area contributed by atoms with Gasteiger partial charge in [0, 0.05) is 22.0 Å². The van der Waals surface area contributed by atoms with Crippen LogP contribution >= 0.6 is 11.6 Å². The molecule has 1 spiro atoms. The van der Waals surface area contributed by atoms with Crippen molar-refractivity contribution in [1.82, 2.24) is 10.2 Å². The Balaban J connectivity index is 1.80. The van der Waals surface area contributed by atoms with Crippen molar-refractivity contribution >= 4 is 23.2 Å². The van der Waals surface area contributed by atoms with Gasteiger partial charge in [0.1, 0.15) is 17.1 Å². The zero-order valence-electron chi connectivity index (χ0n) is 15.9. The van der Waals surface area contributed by atoms with Crippen LogP contribution in [0.1, 0.15) is 22.4 Å². The lowest BCUT2D eigenvalue weighted by molar-refractivity contribution is -0.121. The molecule has 30 heavy (non-hydrogen) atoms. The fourth-order valence-electron chi connectivity index (χ4n) is 4.42. The van der Waals surface area contributed by atoms with E-state index in [0.717, 1.165) is 5.56 Å². The van der Waals surface area contributed by atoms with Crippen LogP contribution in [-0.2, 0) is 16.8 Å². The van der Waals surface area contributed by atoms with Gasteiger partial charge in [-0.05, 0) is 24.6 Å². The number of fused-ring (bicyclic) bond motifs is 4. The molecule has 0 unspecified atom stereocenters. The molecule has 5 rings (SSSR count). The topological polar surface area (TPSA) is 108 Å². The van der Waals surface area contributed by atoms with Crippen molar-refractivity contribution in [2.45, 2.75) is 18.9 Å². The highest BCUT2D eigenvalue weighted by Crippen LogP contribution is 2.55. The van der Waals surface area contributed by atoms with E-state index in [9.17, 15) is 10.1 Å². The first kappa shape index (κ1) is 18.3. The minimum atomic E-state index is -1.43. The highest BCUT2D eigenvalue weighted by atomic mass is 35.5. The summed E-state index contributed by atoms with van der Waals surface area (Å²) in [5, 5.41) is 17.6. The molecule has 2 aromatic carbocycles. The summed E-state index contributed by atoms with van der Waals surface area (Å²) in [6.45, 7) is 2.04. The fraction of sp³-hybridized carbons (Fsp3) is 0.136. The molecule has 148 valence electrons. The number of nitriles is 1. The molecule has 8 heteroatoms. The summed E-state index contributed by atoms with van der Waals surface area (Å²) in [5.41, 5.74) is 8.01. The van der Waals surface area contributed by atoms with Crippen LogP contribution < -0.4 is 15.4 Å². The fourth-order valence-corrected chi connectivity index (χ4v) is 4.61. The van der Waals surface area contributed by atoms with Gasteiger partial charge in [0.2, 0.25) is 17.7 Å². The van der Waals surface area contributed by atoms with Gasteiger partial charge < -0.3 is 15.4 Å². The molecule has 0 bridgehead atoms. The van der Waals surface area contributed by atoms with Gasteiger partial charge in [-0.15, -0.1) is 5.10 Å². The molecule has 3 aromatic rings. The molecule has 0 fully saturated rings. The van der Waals surface area contributed by atoms with Crippen molar-refractivity contribution in [3.05, 3.63) is 87.4 Å². The number of carbonyl (C=O) groups is 1. The van der Waals surface area contributed by atoms with Gasteiger partial charge in [-0.1, -0.05) is 48.0 Å². The van der Waals surface area contributed by atoms with Crippen LogP contribution in [0.25, 0.3) is 0 Å². The van der Waals surface area contributed by atoms with Crippen LogP contribution in [0.5, 0.6) is 5.88 Å². The predicted octanol–water partition coefficient (Wildman–Crippen LogP) is 3.29. The minimum absolute atomic E-state index is 0.0543. The Morgan fingerprint density at radius 2 is 2.00 bits per heavy atom. The number of amides is 1. The van der Waals surface area contributed by atoms with Crippen LogP contribution in [0.3, 0.4) is 0 Å². The predicted molar refractivity (Wildman–Crippen MR) is 111 cm³/mol. The van der Waals surface area contributed by atoms with Gasteiger partial charge in [0.05, 0.1) is 12.1 Å². The Hall–Kier alpha value is -3.76. The number of para-hydroxylation sites is 1. The lowest BCUT2D eigenvalue weighted by Gasteiger charge is -2.32. The number of H-pyrrole nitrogens is 1. The molecule has 1 amide bonds. The average Bonchev–Trinajstić information content (AvgIpc) is 3.22. The van der Waals surface area contributed by atoms with Crippen LogP contribution in [0.4, 0.5) is 5.69 Å². The molecule has 2 aliphatic rings. The number of aryl methyl sites for hydroxylation is 1. The summed E-state index contributed by atoms with van der Waals surface area (Å²) in [4.78, 5) is 15.8. The van der Waals surface area contributed by atoms with Crippen molar-refractivity contribution in [3.63, 3.8) is 0 Å². The Morgan fingerprint density at radius 1 is 1.27 bits per heavy atom. The number of rotatable bonds is 2. The zero-order chi connectivity index (χ0) is 21.0. The van der Waals surface area contributed by atoms with E-state index in [1.807, 2.05) is 42.5 Å². The van der Waals surface area contributed by atoms with E-state index < -0.39 is 5.41 Å². The molecule has 1 atom stereocenters. The number of hydrogen-bond donors (Lipinski definition) is 2. The molecule has 0 saturated heterocycles. The third kappa shape index (κ3) is 2.19. The number of ether oxygens (including phenoxy) is 1. The molecule has 1 aromatic heterocycles. The van der Waals surface area contributed by atoms with Crippen LogP contribution in [0, 0.1) is 18.3 Å². The molecule has 3 heterocycles. The number of aromatic amines is 1. The number of carbonyl (C=O) groups excluding carboxylic acids is 1. The highest BCUT2D eigenvalue weighted by molar-refractivity contribution is 6.31. The van der Waals surface area contributed by atoms with Crippen molar-refractivity contribution in [1.29, 1.82) is 5.26 Å². The number of anilines is 1. The van der Waals surface area contributed by atoms with E-state index in [4.69, 9.17) is 22.1 Å². The lowest BCUT2D eigenvalue weighted by atomic mass is 9.69. The molecule has 0 saturated carbocycles. The molecule has 0 radical (unpaired) electrons.